The Labute approximate surface area is 74.8 Å². The normalized spacial score (nSPS) is 28.3. The van der Waals surface area contributed by atoms with Crippen LogP contribution in [-0.2, 0) is 9.59 Å². The van der Waals surface area contributed by atoms with Gasteiger partial charge in [0.25, 0.3) is 0 Å². The number of carbonyl (C=O) groups excluding carboxylic acids is 1. The van der Waals surface area contributed by atoms with Gasteiger partial charge in [-0.2, -0.15) is 0 Å². The highest BCUT2D eigenvalue weighted by Crippen LogP contribution is 2.42. The molecule has 0 aromatic carbocycles. The average molecular weight is 186 g/mol. The zero-order valence-corrected chi connectivity index (χ0v) is 7.77. The van der Waals surface area contributed by atoms with Crippen molar-refractivity contribution in [2.24, 2.45) is 0 Å². The van der Waals surface area contributed by atoms with E-state index in [2.05, 4.69) is 0 Å². The molecule has 0 radical (unpaired) electrons. The average Bonchev–Trinajstić information content (AvgIpc) is 2.32. The lowest BCUT2D eigenvalue weighted by Gasteiger charge is -2.19. The summed E-state index contributed by atoms with van der Waals surface area (Å²) in [7, 11) is 0. The van der Waals surface area contributed by atoms with Gasteiger partial charge in [-0.3, -0.25) is 9.59 Å². The van der Waals surface area contributed by atoms with Crippen molar-refractivity contribution >= 4 is 23.5 Å². The molecule has 1 N–H and O–H groups in total. The molecule has 1 unspecified atom stereocenters. The first kappa shape index (κ1) is 9.32. The molecule has 0 aromatic rings. The molecule has 0 bridgehead atoms. The molecule has 0 saturated carbocycles. The lowest BCUT2D eigenvalue weighted by Crippen LogP contribution is -2.39. The van der Waals surface area contributed by atoms with Gasteiger partial charge in [0.15, 0.2) is 10.5 Å². The summed E-state index contributed by atoms with van der Waals surface area (Å²) in [5.41, 5.74) is 0. The number of Topliss-reactive ketones (excluding diaryl/α,β-unsaturated/α-hetero) is 1. The Morgan fingerprint density at radius 2 is 2.25 bits per heavy atom. The predicted octanol–water partition coefficient (Wildman–Crippen LogP) is 1.44. The zero-order valence-electron chi connectivity index (χ0n) is 6.96. The lowest BCUT2D eigenvalue weighted by molar-refractivity contribution is -0.143. The van der Waals surface area contributed by atoms with Crippen molar-refractivity contribution in [3.63, 3.8) is 0 Å². The van der Waals surface area contributed by atoms with Gasteiger partial charge in [0.05, 0.1) is 0 Å². The maximum Gasteiger partial charge on any atom is 0.328 e. The summed E-state index contributed by atoms with van der Waals surface area (Å²) < 4.78 is -1.23. The van der Waals surface area contributed by atoms with Gasteiger partial charge in [-0.05, 0) is 25.2 Å². The van der Waals surface area contributed by atoms with E-state index in [1.807, 2.05) is 6.92 Å². The summed E-state index contributed by atoms with van der Waals surface area (Å²) in [5, 5.41) is 8.88. The molecule has 1 aliphatic rings. The van der Waals surface area contributed by atoms with Gasteiger partial charge in [0.1, 0.15) is 0 Å². The van der Waals surface area contributed by atoms with Gasteiger partial charge in [0.2, 0.25) is 0 Å². The molecule has 1 rings (SSSR count). The minimum absolute atomic E-state index is 0.284. The maximum absolute atomic E-state index is 11.1. The van der Waals surface area contributed by atoms with Crippen LogP contribution < -0.4 is 0 Å². The number of carboxylic acid groups (broad SMARTS) is 1. The Bertz CT molecular complexity index is 253. The van der Waals surface area contributed by atoms with Crippen molar-refractivity contribution in [2.45, 2.75) is 25.0 Å². The van der Waals surface area contributed by atoms with E-state index in [1.165, 1.54) is 6.92 Å². The molecule has 1 aliphatic heterocycles. The Kier molecular flexibility index (Phi) is 2.28. The van der Waals surface area contributed by atoms with Crippen molar-refractivity contribution in [1.82, 2.24) is 0 Å². The van der Waals surface area contributed by atoms with Crippen LogP contribution in [0.15, 0.2) is 11.0 Å². The largest absolute Gasteiger partial charge is 0.480 e. The van der Waals surface area contributed by atoms with Crippen LogP contribution in [0.4, 0.5) is 0 Å². The minimum atomic E-state index is -1.23. The fourth-order valence-corrected chi connectivity index (χ4v) is 2.26. The molecule has 0 saturated heterocycles. The molecule has 0 aliphatic carbocycles. The summed E-state index contributed by atoms with van der Waals surface area (Å²) in [6, 6.07) is 0. The molecular formula is C8H10O3S. The zero-order chi connectivity index (χ0) is 9.35. The lowest BCUT2D eigenvalue weighted by atomic mass is 10.0. The third-order valence-electron chi connectivity index (χ3n) is 1.93. The van der Waals surface area contributed by atoms with Gasteiger partial charge in [-0.25, -0.2) is 0 Å². The minimum Gasteiger partial charge on any atom is -0.480 e. The van der Waals surface area contributed by atoms with E-state index in [1.54, 1.807) is 6.08 Å². The maximum atomic E-state index is 11.1. The third-order valence-corrected chi connectivity index (χ3v) is 3.39. The molecule has 0 fully saturated rings. The van der Waals surface area contributed by atoms with Crippen LogP contribution in [0.25, 0.3) is 0 Å². The number of aliphatic carboxylic acids is 1. The van der Waals surface area contributed by atoms with Gasteiger partial charge in [-0.15, -0.1) is 11.8 Å². The second kappa shape index (κ2) is 2.94. The molecule has 4 heteroatoms. The first-order chi connectivity index (χ1) is 5.49. The van der Waals surface area contributed by atoms with Crippen molar-refractivity contribution < 1.29 is 14.7 Å². The first-order valence-electron chi connectivity index (χ1n) is 3.59. The Balaban J connectivity index is 2.94. The van der Waals surface area contributed by atoms with Gasteiger partial charge < -0.3 is 5.11 Å². The highest BCUT2D eigenvalue weighted by Gasteiger charge is 2.46. The number of carboxylic acids is 1. The fourth-order valence-electron chi connectivity index (χ4n) is 1.14. The van der Waals surface area contributed by atoms with E-state index in [-0.39, 0.29) is 5.78 Å². The number of ketones is 1. The predicted molar refractivity (Wildman–Crippen MR) is 47.0 cm³/mol. The van der Waals surface area contributed by atoms with Crippen molar-refractivity contribution in [3.05, 3.63) is 11.0 Å². The van der Waals surface area contributed by atoms with E-state index in [9.17, 15) is 9.59 Å². The van der Waals surface area contributed by atoms with E-state index < -0.39 is 10.7 Å². The van der Waals surface area contributed by atoms with Crippen LogP contribution in [0.2, 0.25) is 0 Å². The second-order valence-electron chi connectivity index (χ2n) is 2.81. The van der Waals surface area contributed by atoms with Crippen LogP contribution in [0.3, 0.4) is 0 Å². The quantitative estimate of drug-likeness (QED) is 0.663. The van der Waals surface area contributed by atoms with Crippen LogP contribution >= 0.6 is 11.8 Å². The highest BCUT2D eigenvalue weighted by atomic mass is 32.2. The smallest absolute Gasteiger partial charge is 0.328 e. The van der Waals surface area contributed by atoms with Crippen LogP contribution in [0.1, 0.15) is 20.3 Å². The summed E-state index contributed by atoms with van der Waals surface area (Å²) in [4.78, 5) is 22.9. The number of allylic oxidation sites excluding steroid dienone is 2. The Hall–Kier alpha value is -0.770. The van der Waals surface area contributed by atoms with Crippen LogP contribution in [-0.4, -0.2) is 21.6 Å². The molecular weight excluding hydrogens is 176 g/mol. The molecule has 12 heavy (non-hydrogen) atoms. The number of hydrogen-bond donors (Lipinski definition) is 1. The SMILES string of the molecule is CC(=O)C1(C(=O)O)CC=C(C)S1. The molecule has 0 aromatic heterocycles. The summed E-state index contributed by atoms with van der Waals surface area (Å²) in [6.07, 6.45) is 2.11. The number of hydrogen-bond acceptors (Lipinski definition) is 3. The summed E-state index contributed by atoms with van der Waals surface area (Å²) in [5.74, 6) is -1.32. The molecule has 0 amide bonds. The summed E-state index contributed by atoms with van der Waals surface area (Å²) >= 11 is 1.14. The molecule has 1 heterocycles. The standard InChI is InChI=1S/C8H10O3S/c1-5-3-4-8(12-5,6(2)9)7(10)11/h3H,4H2,1-2H3,(H,10,11). The molecule has 66 valence electrons. The summed E-state index contributed by atoms with van der Waals surface area (Å²) in [6.45, 7) is 3.14. The number of rotatable bonds is 2. The van der Waals surface area contributed by atoms with Crippen molar-refractivity contribution in [2.75, 3.05) is 0 Å². The first-order valence-corrected chi connectivity index (χ1v) is 4.41. The van der Waals surface area contributed by atoms with Crippen molar-refractivity contribution in [1.29, 1.82) is 0 Å². The highest BCUT2D eigenvalue weighted by molar-refractivity contribution is 8.06. The van der Waals surface area contributed by atoms with Gasteiger partial charge >= 0.3 is 5.97 Å². The van der Waals surface area contributed by atoms with E-state index in [0.717, 1.165) is 16.7 Å². The van der Waals surface area contributed by atoms with Crippen molar-refractivity contribution in [3.8, 4) is 0 Å². The molecule has 1 atom stereocenters. The Morgan fingerprint density at radius 1 is 1.67 bits per heavy atom. The van der Waals surface area contributed by atoms with E-state index in [0.29, 0.717) is 6.42 Å². The Morgan fingerprint density at radius 3 is 2.42 bits per heavy atom. The van der Waals surface area contributed by atoms with E-state index in [4.69, 9.17) is 5.11 Å². The number of carbonyl (C=O) groups is 2. The molecule has 0 spiro atoms. The van der Waals surface area contributed by atoms with Gasteiger partial charge in [0, 0.05) is 0 Å². The van der Waals surface area contributed by atoms with Gasteiger partial charge in [-0.1, -0.05) is 6.08 Å². The fraction of sp³-hybridized carbons (Fsp3) is 0.500. The molecule has 3 nitrogen and oxygen atoms in total. The topological polar surface area (TPSA) is 54.4 Å². The number of thioether (sulfide) groups is 1. The second-order valence-corrected chi connectivity index (χ2v) is 4.35. The van der Waals surface area contributed by atoms with E-state index >= 15 is 0 Å². The van der Waals surface area contributed by atoms with Crippen LogP contribution in [0, 0.1) is 0 Å². The monoisotopic (exact) mass is 186 g/mol. The third kappa shape index (κ3) is 1.27. The van der Waals surface area contributed by atoms with Crippen LogP contribution in [0.5, 0.6) is 0 Å².